The number of hydrogen-bond acceptors (Lipinski definition) is 12. The zero-order valence-electron chi connectivity index (χ0n) is 54.8. The van der Waals surface area contributed by atoms with Crippen molar-refractivity contribution < 1.29 is 28.5 Å². The normalized spacial score (nSPS) is 11.1. The maximum absolute atomic E-state index is 12.5. The molecule has 0 saturated heterocycles. The first-order valence-electron chi connectivity index (χ1n) is 32.3. The standard InChI is InChI=1S/C38H45N3O3S.C25H29ClOS.C13H17N3O2.ClH/c1-5-10-29(11-6-2)30-18-20-32(21-19-30)44-27-28-14-16-31(17-15-28)36-23-22-33(45-36)24-41(26-38(42)43-7-3)25-37-39-34-12-8-9-13-35(34)40(37)4;1-3-5-20(6-4-2)21-11-13-23(14-12-21)27-18-19-7-9-22(10-8-19)25-16-15-24(17-26)28-25;1-3-18-13(17)9-14-8-12-15-10-6-4-5-7-11(10)16(12)2;/h8-9,12-23,29H,5-7,10-11,24-27H2,1-4H3;7-16,20H,3-6,17-18H2,1-2H3;4-7,14H,3,8-9H2,1-2H3;1H. The lowest BCUT2D eigenvalue weighted by Crippen LogP contribution is -2.31. The second-order valence-electron chi connectivity index (χ2n) is 22.8. The van der Waals surface area contributed by atoms with Crippen molar-refractivity contribution in [3.05, 3.63) is 214 Å². The molecule has 0 aliphatic rings. The molecule has 0 radical (unpaired) electrons. The third-order valence-corrected chi connectivity index (χ3v) is 18.7. The molecule has 0 saturated carbocycles. The Hall–Kier alpha value is -7.30. The zero-order chi connectivity index (χ0) is 64.3. The quantitative estimate of drug-likeness (QED) is 0.0332. The third-order valence-electron chi connectivity index (χ3n) is 16.0. The van der Waals surface area contributed by atoms with Crippen LogP contribution < -0.4 is 14.8 Å². The number of alkyl halides is 1. The molecule has 0 bridgehead atoms. The average molecular weight is 1320 g/mol. The van der Waals surface area contributed by atoms with Gasteiger partial charge in [-0.15, -0.1) is 46.7 Å². The highest BCUT2D eigenvalue weighted by Gasteiger charge is 2.19. The van der Waals surface area contributed by atoms with Gasteiger partial charge in [-0.25, -0.2) is 9.97 Å². The van der Waals surface area contributed by atoms with Crippen LogP contribution in [0.3, 0.4) is 0 Å². The van der Waals surface area contributed by atoms with Gasteiger partial charge < -0.3 is 28.1 Å². The molecule has 0 spiro atoms. The number of para-hydroxylation sites is 4. The van der Waals surface area contributed by atoms with Gasteiger partial charge in [-0.3, -0.25) is 19.8 Å². The molecular weight excluding hydrogens is 1230 g/mol. The van der Waals surface area contributed by atoms with E-state index in [1.54, 1.807) is 29.6 Å². The van der Waals surface area contributed by atoms with E-state index in [0.717, 1.165) is 50.8 Å². The number of carbonyl (C=O) groups excluding carboxylic acids is 2. The molecule has 6 aromatic carbocycles. The van der Waals surface area contributed by atoms with Crippen molar-refractivity contribution in [1.82, 2.24) is 29.3 Å². The number of rotatable bonds is 31. The minimum Gasteiger partial charge on any atom is -0.489 e. The Labute approximate surface area is 564 Å². The Morgan fingerprint density at radius 1 is 0.522 bits per heavy atom. The summed E-state index contributed by atoms with van der Waals surface area (Å²) in [7, 11) is 3.99. The predicted octanol–water partition coefficient (Wildman–Crippen LogP) is 19.2. The molecule has 92 heavy (non-hydrogen) atoms. The number of aromatic nitrogens is 4. The lowest BCUT2D eigenvalue weighted by atomic mass is 9.90. The number of hydrogen-bond donors (Lipinski definition) is 1. The summed E-state index contributed by atoms with van der Waals surface area (Å²) in [4.78, 5) is 39.9. The summed E-state index contributed by atoms with van der Waals surface area (Å²) < 4.78 is 26.4. The molecule has 0 aliphatic heterocycles. The van der Waals surface area contributed by atoms with Gasteiger partial charge in [0.2, 0.25) is 0 Å². The van der Waals surface area contributed by atoms with Gasteiger partial charge in [-0.2, -0.15) is 0 Å². The highest BCUT2D eigenvalue weighted by atomic mass is 35.5. The molecular formula is C76H92Cl2N6O6S2. The van der Waals surface area contributed by atoms with Gasteiger partial charge in [0.05, 0.1) is 67.3 Å². The number of imidazole rings is 2. The number of thiophene rings is 2. The van der Waals surface area contributed by atoms with E-state index < -0.39 is 0 Å². The molecule has 0 fully saturated rings. The van der Waals surface area contributed by atoms with Crippen LogP contribution in [-0.2, 0) is 71.9 Å². The van der Waals surface area contributed by atoms with Crippen molar-refractivity contribution in [1.29, 1.82) is 0 Å². The Morgan fingerprint density at radius 3 is 1.40 bits per heavy atom. The first kappa shape index (κ1) is 72.1. The molecule has 16 heteroatoms. The molecule has 0 unspecified atom stereocenters. The summed E-state index contributed by atoms with van der Waals surface area (Å²) in [6.45, 7) is 16.7. The van der Waals surface area contributed by atoms with E-state index in [4.69, 9.17) is 35.5 Å². The minimum absolute atomic E-state index is 0. The zero-order valence-corrected chi connectivity index (χ0v) is 58.0. The first-order valence-corrected chi connectivity index (χ1v) is 34.5. The number of benzene rings is 6. The maximum atomic E-state index is 12.5. The fraction of sp³-hybridized carbons (Fsp3) is 0.368. The van der Waals surface area contributed by atoms with Crippen LogP contribution in [0.2, 0.25) is 0 Å². The Balaban J connectivity index is 0.000000217. The molecule has 4 aromatic heterocycles. The molecule has 1 N–H and O–H groups in total. The number of nitrogens with one attached hydrogen (secondary N) is 1. The number of nitrogens with zero attached hydrogens (tertiary/aromatic N) is 5. The van der Waals surface area contributed by atoms with Crippen molar-refractivity contribution >= 4 is 80.7 Å². The van der Waals surface area contributed by atoms with Crippen LogP contribution in [0.15, 0.2) is 170 Å². The molecule has 12 nitrogen and oxygen atoms in total. The van der Waals surface area contributed by atoms with Gasteiger partial charge in [0, 0.05) is 40.1 Å². The summed E-state index contributed by atoms with van der Waals surface area (Å²) in [5, 5.41) is 3.03. The topological polar surface area (TPSA) is 122 Å². The van der Waals surface area contributed by atoms with Crippen molar-refractivity contribution in [2.24, 2.45) is 14.1 Å². The van der Waals surface area contributed by atoms with Gasteiger partial charge in [-0.05, 0) is 158 Å². The summed E-state index contributed by atoms with van der Waals surface area (Å²) in [5.41, 5.74) is 11.7. The summed E-state index contributed by atoms with van der Waals surface area (Å²) >= 11 is 9.40. The summed E-state index contributed by atoms with van der Waals surface area (Å²) in [6, 6.07) is 59.2. The van der Waals surface area contributed by atoms with Crippen molar-refractivity contribution in [2.45, 2.75) is 143 Å². The van der Waals surface area contributed by atoms with Gasteiger partial charge in [-0.1, -0.05) is 150 Å². The predicted molar refractivity (Wildman–Crippen MR) is 383 cm³/mol. The number of ether oxygens (including phenoxy) is 4. The van der Waals surface area contributed by atoms with Crippen LogP contribution in [-0.4, -0.2) is 62.2 Å². The Morgan fingerprint density at radius 2 is 0.957 bits per heavy atom. The SMILES string of the molecule is CCCC(CCC)c1ccc(OCc2ccc(-c3ccc(CCl)s3)cc2)cc1.CCCC(CCC)c1ccc(OCc2ccc(-c3ccc(CN(CC(=O)OCC)Cc4nc5ccccc5n4C)s3)cc2)cc1.CCOC(=O)CNCc1nc2ccccc2n1C.Cl. The van der Waals surface area contributed by atoms with E-state index in [-0.39, 0.29) is 37.4 Å². The largest absolute Gasteiger partial charge is 0.489 e. The molecule has 0 amide bonds. The average Bonchev–Trinajstić information content (AvgIpc) is 1.70. The number of fused-ring (bicyclic) bond motifs is 2. The number of aryl methyl sites for hydroxylation is 2. The maximum Gasteiger partial charge on any atom is 0.320 e. The monoisotopic (exact) mass is 1320 g/mol. The van der Waals surface area contributed by atoms with E-state index in [1.807, 2.05) is 68.1 Å². The molecule has 0 aliphatic carbocycles. The van der Waals surface area contributed by atoms with E-state index in [9.17, 15) is 9.59 Å². The lowest BCUT2D eigenvalue weighted by molar-refractivity contribution is -0.145. The van der Waals surface area contributed by atoms with Crippen LogP contribution in [0.1, 0.15) is 148 Å². The van der Waals surface area contributed by atoms with Crippen molar-refractivity contribution in [3.63, 3.8) is 0 Å². The molecule has 488 valence electrons. The van der Waals surface area contributed by atoms with E-state index in [2.05, 4.69) is 175 Å². The highest BCUT2D eigenvalue weighted by Crippen LogP contribution is 2.33. The smallest absolute Gasteiger partial charge is 0.320 e. The van der Waals surface area contributed by atoms with Crippen LogP contribution in [0.5, 0.6) is 11.5 Å². The number of halogens is 2. The van der Waals surface area contributed by atoms with Gasteiger partial charge in [0.15, 0.2) is 0 Å². The van der Waals surface area contributed by atoms with Crippen LogP contribution >= 0.6 is 46.7 Å². The van der Waals surface area contributed by atoms with Crippen LogP contribution in [0, 0.1) is 0 Å². The summed E-state index contributed by atoms with van der Waals surface area (Å²) in [6.07, 6.45) is 9.89. The molecule has 0 atom stereocenters. The van der Waals surface area contributed by atoms with E-state index in [1.165, 1.54) is 98.7 Å². The number of carbonyl (C=O) groups is 2. The van der Waals surface area contributed by atoms with Gasteiger partial charge in [0.1, 0.15) is 36.4 Å². The highest BCUT2D eigenvalue weighted by molar-refractivity contribution is 7.15. The fourth-order valence-corrected chi connectivity index (χ4v) is 13.4. The first-order chi connectivity index (χ1) is 44.4. The number of esters is 2. The Kier molecular flexibility index (Phi) is 29.8. The minimum atomic E-state index is -0.240. The van der Waals surface area contributed by atoms with Gasteiger partial charge >= 0.3 is 11.9 Å². The van der Waals surface area contributed by atoms with Crippen LogP contribution in [0.4, 0.5) is 0 Å². The third kappa shape index (κ3) is 21.4. The van der Waals surface area contributed by atoms with Crippen molar-refractivity contribution in [2.75, 3.05) is 26.3 Å². The fourth-order valence-electron chi connectivity index (χ4n) is 11.3. The molecule has 10 rings (SSSR count). The molecule has 4 heterocycles. The summed E-state index contributed by atoms with van der Waals surface area (Å²) in [5.74, 6) is 5.09. The van der Waals surface area contributed by atoms with Crippen LogP contribution in [0.25, 0.3) is 42.9 Å². The van der Waals surface area contributed by atoms with Gasteiger partial charge in [0.25, 0.3) is 0 Å². The molecule has 10 aromatic rings. The Bertz CT molecular complexity index is 3780. The van der Waals surface area contributed by atoms with E-state index >= 15 is 0 Å². The second kappa shape index (κ2) is 38.0. The van der Waals surface area contributed by atoms with E-state index in [0.29, 0.717) is 63.8 Å². The lowest BCUT2D eigenvalue weighted by Gasteiger charge is -2.20. The second-order valence-corrected chi connectivity index (χ2v) is 25.4. The van der Waals surface area contributed by atoms with Crippen molar-refractivity contribution in [3.8, 4) is 32.4 Å².